The molecule has 13 heteroatoms. The van der Waals surface area contributed by atoms with Gasteiger partial charge in [-0.15, -0.1) is 0 Å². The Morgan fingerprint density at radius 2 is 1.61 bits per heavy atom. The lowest BCUT2D eigenvalue weighted by molar-refractivity contribution is -0.139. The number of amides is 3. The Hall–Kier alpha value is -4.78. The molecule has 0 radical (unpaired) electrons. The highest BCUT2D eigenvalue weighted by Gasteiger charge is 2.39. The Balaban J connectivity index is 1.89. The Labute approximate surface area is 282 Å². The first kappa shape index (κ1) is 37.0. The number of aryl methyl sites for hydroxylation is 2. The van der Waals surface area contributed by atoms with E-state index in [1.54, 1.807) is 45.0 Å². The van der Waals surface area contributed by atoms with Crippen LogP contribution >= 0.6 is 0 Å². The molecular formula is C36H41F3N4O6. The van der Waals surface area contributed by atoms with Crippen LogP contribution in [0.3, 0.4) is 0 Å². The fraction of sp³-hybridized carbons (Fsp3) is 0.417. The molecule has 0 saturated heterocycles. The van der Waals surface area contributed by atoms with Crippen LogP contribution < -0.4 is 10.9 Å². The number of nitrogens with one attached hydrogen (secondary N) is 1. The average molecular weight is 683 g/mol. The first-order chi connectivity index (χ1) is 22.8. The van der Waals surface area contributed by atoms with Gasteiger partial charge in [0.25, 0.3) is 17.4 Å². The number of carbonyl (C=O) groups is 4. The third-order valence-electron chi connectivity index (χ3n) is 8.69. The van der Waals surface area contributed by atoms with Gasteiger partial charge in [-0.2, -0.15) is 13.2 Å². The lowest BCUT2D eigenvalue weighted by Gasteiger charge is -2.27. The SMILES string of the molecule is Cc1cccc(C)c1-c1cc2c(c(C(CC(=O)O)NC(=O)C(CC(C)C)n3cc(CCN(C)C)c(C(F)(F)F)cc3=O)c1)C(=O)N(C)C2=O. The molecule has 2 heterocycles. The molecule has 1 aliphatic heterocycles. The van der Waals surface area contributed by atoms with Crippen LogP contribution in [0.5, 0.6) is 0 Å². The topological polar surface area (TPSA) is 129 Å². The molecule has 1 aliphatic rings. The van der Waals surface area contributed by atoms with Gasteiger partial charge in [0.15, 0.2) is 0 Å². The molecule has 2 N–H and O–H groups in total. The van der Waals surface area contributed by atoms with E-state index in [1.807, 2.05) is 32.0 Å². The summed E-state index contributed by atoms with van der Waals surface area (Å²) in [5.74, 6) is -3.61. The van der Waals surface area contributed by atoms with Gasteiger partial charge >= 0.3 is 12.1 Å². The van der Waals surface area contributed by atoms with Crippen LogP contribution in [0, 0.1) is 19.8 Å². The Morgan fingerprint density at radius 3 is 2.16 bits per heavy atom. The molecule has 0 aliphatic carbocycles. The number of hydrogen-bond acceptors (Lipinski definition) is 6. The van der Waals surface area contributed by atoms with E-state index < -0.39 is 59.5 Å². The Kier molecular flexibility index (Phi) is 10.9. The molecular weight excluding hydrogens is 641 g/mol. The number of pyridine rings is 1. The highest BCUT2D eigenvalue weighted by Crippen LogP contribution is 2.38. The summed E-state index contributed by atoms with van der Waals surface area (Å²) < 4.78 is 42.9. The van der Waals surface area contributed by atoms with E-state index in [4.69, 9.17) is 0 Å². The van der Waals surface area contributed by atoms with Gasteiger partial charge in [-0.1, -0.05) is 32.0 Å². The number of carbonyl (C=O) groups excluding carboxylic acids is 3. The predicted octanol–water partition coefficient (Wildman–Crippen LogP) is 5.40. The molecule has 2 unspecified atom stereocenters. The zero-order valence-corrected chi connectivity index (χ0v) is 28.6. The molecule has 4 rings (SSSR count). The zero-order chi connectivity index (χ0) is 36.5. The Bertz CT molecular complexity index is 1840. The van der Waals surface area contributed by atoms with E-state index in [2.05, 4.69) is 5.32 Å². The van der Waals surface area contributed by atoms with E-state index in [9.17, 15) is 42.3 Å². The molecule has 2 aromatic carbocycles. The standard InChI is InChI=1S/C36H41F3N4O6/c1-19(2)13-28(43-18-22(11-12-41(5)6)26(16-29(43)44)36(37,38)39)33(47)40-27(17-30(45)46)24-14-23(31-20(3)9-8-10-21(31)4)15-25-32(24)35(49)42(7)34(25)48/h8-10,14-16,18-19,27-28H,11-13,17H2,1-7H3,(H,40,47)(H,45,46). The average Bonchev–Trinajstić information content (AvgIpc) is 3.21. The van der Waals surface area contributed by atoms with E-state index in [1.165, 1.54) is 7.05 Å². The van der Waals surface area contributed by atoms with Crippen molar-refractivity contribution in [1.82, 2.24) is 19.7 Å². The second-order valence-corrected chi connectivity index (χ2v) is 13.2. The lowest BCUT2D eigenvalue weighted by atomic mass is 9.87. The number of likely N-dealkylation sites (N-methyl/N-ethyl adjacent to an activating group) is 1. The molecule has 49 heavy (non-hydrogen) atoms. The van der Waals surface area contributed by atoms with Crippen LogP contribution in [0.1, 0.15) is 87.3 Å². The molecule has 2 atom stereocenters. The monoisotopic (exact) mass is 682 g/mol. The quantitative estimate of drug-likeness (QED) is 0.245. The molecule has 0 bridgehead atoms. The van der Waals surface area contributed by atoms with Gasteiger partial charge in [-0.3, -0.25) is 28.9 Å². The van der Waals surface area contributed by atoms with Crippen LogP contribution in [0.4, 0.5) is 13.2 Å². The summed E-state index contributed by atoms with van der Waals surface area (Å²) in [6.45, 7) is 7.54. The predicted molar refractivity (Wildman–Crippen MR) is 177 cm³/mol. The van der Waals surface area contributed by atoms with Crippen molar-refractivity contribution < 1.29 is 37.5 Å². The van der Waals surface area contributed by atoms with Gasteiger partial charge in [-0.05, 0) is 92.2 Å². The number of alkyl halides is 3. The van der Waals surface area contributed by atoms with Gasteiger partial charge in [-0.25, -0.2) is 0 Å². The molecule has 0 spiro atoms. The first-order valence-corrected chi connectivity index (χ1v) is 15.9. The summed E-state index contributed by atoms with van der Waals surface area (Å²) in [7, 11) is 4.70. The number of fused-ring (bicyclic) bond motifs is 1. The molecule has 0 fully saturated rings. The third-order valence-corrected chi connectivity index (χ3v) is 8.69. The zero-order valence-electron chi connectivity index (χ0n) is 28.6. The summed E-state index contributed by atoms with van der Waals surface area (Å²) >= 11 is 0. The van der Waals surface area contributed by atoms with Crippen molar-refractivity contribution in [2.24, 2.45) is 5.92 Å². The maximum absolute atomic E-state index is 14.2. The van der Waals surface area contributed by atoms with E-state index in [-0.39, 0.29) is 47.6 Å². The van der Waals surface area contributed by atoms with Crippen molar-refractivity contribution in [3.8, 4) is 11.1 Å². The van der Waals surface area contributed by atoms with Gasteiger partial charge in [0, 0.05) is 25.9 Å². The summed E-state index contributed by atoms with van der Waals surface area (Å²) in [6, 6.07) is 6.59. The first-order valence-electron chi connectivity index (χ1n) is 15.9. The van der Waals surface area contributed by atoms with Gasteiger partial charge in [0.2, 0.25) is 5.91 Å². The highest BCUT2D eigenvalue weighted by molar-refractivity contribution is 6.22. The van der Waals surface area contributed by atoms with Crippen molar-refractivity contribution in [2.45, 2.75) is 65.2 Å². The largest absolute Gasteiger partial charge is 0.481 e. The molecule has 0 saturated carbocycles. The summed E-state index contributed by atoms with van der Waals surface area (Å²) in [6.07, 6.45) is -4.46. The fourth-order valence-corrected chi connectivity index (χ4v) is 6.32. The maximum Gasteiger partial charge on any atom is 0.416 e. The van der Waals surface area contributed by atoms with Gasteiger partial charge < -0.3 is 19.9 Å². The second kappa shape index (κ2) is 14.4. The fourth-order valence-electron chi connectivity index (χ4n) is 6.32. The van der Waals surface area contributed by atoms with Crippen LogP contribution in [0.2, 0.25) is 0 Å². The van der Waals surface area contributed by atoms with Crippen molar-refractivity contribution in [3.63, 3.8) is 0 Å². The molecule has 3 aromatic rings. The summed E-state index contributed by atoms with van der Waals surface area (Å²) in [5, 5.41) is 12.7. The third kappa shape index (κ3) is 7.93. The number of aliphatic carboxylic acids is 1. The van der Waals surface area contributed by atoms with Crippen LogP contribution in [-0.2, 0) is 22.2 Å². The Morgan fingerprint density at radius 1 is 0.980 bits per heavy atom. The number of aromatic nitrogens is 1. The van der Waals surface area contributed by atoms with E-state index in [0.29, 0.717) is 11.6 Å². The lowest BCUT2D eigenvalue weighted by Crippen LogP contribution is -2.41. The smallest absolute Gasteiger partial charge is 0.416 e. The highest BCUT2D eigenvalue weighted by atomic mass is 19.4. The van der Waals surface area contributed by atoms with E-state index in [0.717, 1.165) is 32.4 Å². The van der Waals surface area contributed by atoms with Crippen LogP contribution in [0.25, 0.3) is 11.1 Å². The van der Waals surface area contributed by atoms with Crippen LogP contribution in [0.15, 0.2) is 47.4 Å². The molecule has 3 amide bonds. The minimum atomic E-state index is -4.81. The normalized spacial score (nSPS) is 14.4. The minimum Gasteiger partial charge on any atom is -0.481 e. The van der Waals surface area contributed by atoms with Gasteiger partial charge in [0.05, 0.1) is 29.2 Å². The van der Waals surface area contributed by atoms with Crippen LogP contribution in [-0.4, -0.2) is 70.9 Å². The van der Waals surface area contributed by atoms with E-state index >= 15 is 0 Å². The summed E-state index contributed by atoms with van der Waals surface area (Å²) in [4.78, 5) is 68.9. The number of rotatable bonds is 12. The van der Waals surface area contributed by atoms with Crippen molar-refractivity contribution in [2.75, 3.05) is 27.7 Å². The van der Waals surface area contributed by atoms with Gasteiger partial charge in [0.1, 0.15) is 6.04 Å². The second-order valence-electron chi connectivity index (χ2n) is 13.2. The maximum atomic E-state index is 14.2. The molecule has 10 nitrogen and oxygen atoms in total. The van der Waals surface area contributed by atoms with Crippen molar-refractivity contribution in [1.29, 1.82) is 0 Å². The number of halogens is 3. The number of hydrogen-bond donors (Lipinski definition) is 2. The number of carboxylic acid groups (broad SMARTS) is 1. The molecule has 1 aromatic heterocycles. The van der Waals surface area contributed by atoms with Crippen molar-refractivity contribution >= 4 is 23.7 Å². The number of imide groups is 1. The number of carboxylic acids is 1. The number of nitrogens with zero attached hydrogens (tertiary/aromatic N) is 3. The summed E-state index contributed by atoms with van der Waals surface area (Å²) in [5.41, 5.74) is 0.819. The van der Waals surface area contributed by atoms with Crippen molar-refractivity contribution in [3.05, 3.63) is 91.9 Å². The molecule has 262 valence electrons. The number of benzene rings is 2. The minimum absolute atomic E-state index is 0.0325.